The standard InChI is InChI=1S/C27H27N5O2S/c1-18-22(28-11-9-25(18)33-3)16-32-24-15-20(31-13-5-6-14-31)7-8-21(24)30-27(32)35-17-23-19(2)26(34-4)10-12-29-23/h5-15H,16-17H2,1-4H3. The van der Waals surface area contributed by atoms with Crippen LogP contribution in [0.2, 0.25) is 0 Å². The van der Waals surface area contributed by atoms with E-state index in [-0.39, 0.29) is 0 Å². The van der Waals surface area contributed by atoms with Gasteiger partial charge in [-0.25, -0.2) is 4.98 Å². The van der Waals surface area contributed by atoms with E-state index in [2.05, 4.69) is 37.3 Å². The Morgan fingerprint density at radius 3 is 2.20 bits per heavy atom. The number of benzene rings is 1. The van der Waals surface area contributed by atoms with Crippen molar-refractivity contribution < 1.29 is 9.47 Å². The predicted molar refractivity (Wildman–Crippen MR) is 139 cm³/mol. The van der Waals surface area contributed by atoms with Gasteiger partial charge in [-0.2, -0.15) is 0 Å². The molecule has 178 valence electrons. The minimum absolute atomic E-state index is 0.585. The molecule has 0 atom stereocenters. The van der Waals surface area contributed by atoms with Crippen molar-refractivity contribution in [2.75, 3.05) is 14.2 Å². The van der Waals surface area contributed by atoms with Crippen LogP contribution in [0.15, 0.2) is 72.4 Å². The highest BCUT2D eigenvalue weighted by Gasteiger charge is 2.17. The van der Waals surface area contributed by atoms with Crippen LogP contribution < -0.4 is 9.47 Å². The second kappa shape index (κ2) is 9.84. The van der Waals surface area contributed by atoms with Crippen molar-refractivity contribution in [3.05, 3.63) is 89.8 Å². The maximum Gasteiger partial charge on any atom is 0.169 e. The summed E-state index contributed by atoms with van der Waals surface area (Å²) in [7, 11) is 3.37. The number of hydrogen-bond donors (Lipinski definition) is 0. The number of imidazole rings is 1. The highest BCUT2D eigenvalue weighted by atomic mass is 32.2. The van der Waals surface area contributed by atoms with Gasteiger partial charge >= 0.3 is 0 Å². The number of thioether (sulfide) groups is 1. The van der Waals surface area contributed by atoms with Crippen LogP contribution in [-0.4, -0.2) is 38.3 Å². The number of fused-ring (bicyclic) bond motifs is 1. The first kappa shape index (κ1) is 23.0. The van der Waals surface area contributed by atoms with E-state index in [1.54, 1.807) is 38.4 Å². The van der Waals surface area contributed by atoms with E-state index in [9.17, 15) is 0 Å². The first-order chi connectivity index (χ1) is 17.1. The lowest BCUT2D eigenvalue weighted by atomic mass is 10.2. The molecule has 0 unspecified atom stereocenters. The number of pyridine rings is 2. The fourth-order valence-corrected chi connectivity index (χ4v) is 5.21. The average molecular weight is 486 g/mol. The summed E-state index contributed by atoms with van der Waals surface area (Å²) in [5.41, 5.74) is 7.09. The molecule has 8 heteroatoms. The van der Waals surface area contributed by atoms with Crippen LogP contribution in [0, 0.1) is 13.8 Å². The largest absolute Gasteiger partial charge is 0.496 e. The van der Waals surface area contributed by atoms with Crippen LogP contribution in [0.4, 0.5) is 0 Å². The van der Waals surface area contributed by atoms with E-state index in [1.165, 1.54) is 0 Å². The number of ether oxygens (including phenoxy) is 2. The number of hydrogen-bond acceptors (Lipinski definition) is 6. The Labute approximate surface area is 208 Å². The molecule has 0 aliphatic carbocycles. The summed E-state index contributed by atoms with van der Waals surface area (Å²) in [4.78, 5) is 14.2. The summed E-state index contributed by atoms with van der Waals surface area (Å²) in [6.07, 6.45) is 7.67. The Bertz CT molecular complexity index is 1480. The van der Waals surface area contributed by atoms with Crippen LogP contribution in [0.5, 0.6) is 11.5 Å². The van der Waals surface area contributed by atoms with E-state index in [0.29, 0.717) is 12.3 Å². The third-order valence-corrected chi connectivity index (χ3v) is 7.19. The Balaban J connectivity index is 1.57. The zero-order valence-corrected chi connectivity index (χ0v) is 21.0. The van der Waals surface area contributed by atoms with Gasteiger partial charge < -0.3 is 18.6 Å². The van der Waals surface area contributed by atoms with Gasteiger partial charge in [-0.1, -0.05) is 11.8 Å². The van der Waals surface area contributed by atoms with Gasteiger partial charge in [0.1, 0.15) is 11.5 Å². The molecule has 0 radical (unpaired) electrons. The Morgan fingerprint density at radius 1 is 0.857 bits per heavy atom. The summed E-state index contributed by atoms with van der Waals surface area (Å²) in [6, 6.07) is 14.2. The quantitative estimate of drug-likeness (QED) is 0.267. The second-order valence-electron chi connectivity index (χ2n) is 8.20. The van der Waals surface area contributed by atoms with Crippen LogP contribution in [0.25, 0.3) is 16.7 Å². The van der Waals surface area contributed by atoms with Crippen molar-refractivity contribution in [1.82, 2.24) is 24.1 Å². The fraction of sp³-hybridized carbons (Fsp3) is 0.222. The molecule has 5 rings (SSSR count). The van der Waals surface area contributed by atoms with E-state index >= 15 is 0 Å². The average Bonchev–Trinajstić information content (AvgIpc) is 3.53. The Kier molecular flexibility index (Phi) is 6.46. The Hall–Kier alpha value is -3.78. The van der Waals surface area contributed by atoms with Crippen molar-refractivity contribution in [2.45, 2.75) is 31.3 Å². The first-order valence-electron chi connectivity index (χ1n) is 11.3. The molecule has 0 saturated carbocycles. The van der Waals surface area contributed by atoms with Gasteiger partial charge in [-0.05, 0) is 56.3 Å². The lowest BCUT2D eigenvalue weighted by Gasteiger charge is -2.13. The van der Waals surface area contributed by atoms with Crippen molar-refractivity contribution in [3.8, 4) is 17.2 Å². The van der Waals surface area contributed by atoms with Crippen molar-refractivity contribution in [2.24, 2.45) is 0 Å². The number of rotatable bonds is 8. The molecule has 5 aromatic rings. The summed E-state index contributed by atoms with van der Waals surface area (Å²) in [6.45, 7) is 4.67. The van der Waals surface area contributed by atoms with Crippen molar-refractivity contribution in [1.29, 1.82) is 0 Å². The molecule has 4 heterocycles. The van der Waals surface area contributed by atoms with Gasteiger partial charge in [0, 0.05) is 47.4 Å². The minimum Gasteiger partial charge on any atom is -0.496 e. The van der Waals surface area contributed by atoms with Crippen molar-refractivity contribution >= 4 is 22.8 Å². The molecule has 0 fully saturated rings. The number of nitrogens with zero attached hydrogens (tertiary/aromatic N) is 5. The highest BCUT2D eigenvalue weighted by molar-refractivity contribution is 7.98. The van der Waals surface area contributed by atoms with Gasteiger partial charge in [-0.15, -0.1) is 0 Å². The molecule has 0 saturated heterocycles. The molecule has 0 spiro atoms. The van der Waals surface area contributed by atoms with Gasteiger partial charge in [0.2, 0.25) is 0 Å². The normalized spacial score (nSPS) is 11.2. The second-order valence-corrected chi connectivity index (χ2v) is 9.14. The fourth-order valence-electron chi connectivity index (χ4n) is 4.17. The van der Waals surface area contributed by atoms with Gasteiger partial charge in [0.25, 0.3) is 0 Å². The molecule has 0 N–H and O–H groups in total. The molecule has 0 aliphatic heterocycles. The lowest BCUT2D eigenvalue weighted by Crippen LogP contribution is -2.07. The Morgan fingerprint density at radius 2 is 1.51 bits per heavy atom. The molecular weight excluding hydrogens is 458 g/mol. The van der Waals surface area contributed by atoms with E-state index in [0.717, 1.165) is 55.9 Å². The van der Waals surface area contributed by atoms with E-state index in [4.69, 9.17) is 14.5 Å². The molecule has 7 nitrogen and oxygen atoms in total. The third-order valence-electron chi connectivity index (χ3n) is 6.20. The van der Waals surface area contributed by atoms with E-state index in [1.807, 2.05) is 50.5 Å². The summed E-state index contributed by atoms with van der Waals surface area (Å²) in [5, 5.41) is 0.915. The lowest BCUT2D eigenvalue weighted by molar-refractivity contribution is 0.410. The minimum atomic E-state index is 0.585. The smallest absolute Gasteiger partial charge is 0.169 e. The van der Waals surface area contributed by atoms with Crippen LogP contribution in [-0.2, 0) is 12.3 Å². The summed E-state index contributed by atoms with van der Waals surface area (Å²) < 4.78 is 15.3. The van der Waals surface area contributed by atoms with E-state index < -0.39 is 0 Å². The monoisotopic (exact) mass is 485 g/mol. The van der Waals surface area contributed by atoms with Gasteiger partial charge in [0.15, 0.2) is 5.16 Å². The third kappa shape index (κ3) is 4.49. The summed E-state index contributed by atoms with van der Waals surface area (Å²) >= 11 is 1.67. The molecule has 35 heavy (non-hydrogen) atoms. The van der Waals surface area contributed by atoms with Gasteiger partial charge in [-0.3, -0.25) is 9.97 Å². The SMILES string of the molecule is COc1ccnc(CSc2nc3ccc(-n4cccc4)cc3n2Cc2nccc(OC)c2C)c1C. The highest BCUT2D eigenvalue weighted by Crippen LogP contribution is 2.31. The molecule has 4 aromatic heterocycles. The predicted octanol–water partition coefficient (Wildman–Crippen LogP) is 5.59. The van der Waals surface area contributed by atoms with Crippen LogP contribution in [0.1, 0.15) is 22.5 Å². The molecule has 0 aliphatic rings. The number of aromatic nitrogens is 5. The first-order valence-corrected chi connectivity index (χ1v) is 12.3. The van der Waals surface area contributed by atoms with Crippen LogP contribution >= 0.6 is 11.8 Å². The topological polar surface area (TPSA) is 67.0 Å². The number of methoxy groups -OCH3 is 2. The molecule has 1 aromatic carbocycles. The molecule has 0 bridgehead atoms. The zero-order valence-electron chi connectivity index (χ0n) is 20.2. The molecule has 0 amide bonds. The molecular formula is C27H27N5O2S. The van der Waals surface area contributed by atoms with Crippen molar-refractivity contribution in [3.63, 3.8) is 0 Å². The zero-order chi connectivity index (χ0) is 24.4. The summed E-state index contributed by atoms with van der Waals surface area (Å²) in [5.74, 6) is 2.36. The maximum absolute atomic E-state index is 5.54. The maximum atomic E-state index is 5.54. The van der Waals surface area contributed by atoms with Gasteiger partial charge in [0.05, 0.1) is 43.2 Å². The van der Waals surface area contributed by atoms with Crippen LogP contribution in [0.3, 0.4) is 0 Å².